The lowest BCUT2D eigenvalue weighted by Crippen LogP contribution is -2.36. The van der Waals surface area contributed by atoms with Crippen LogP contribution in [0.1, 0.15) is 0 Å². The third kappa shape index (κ3) is 2.80. The number of halogens is 1. The van der Waals surface area contributed by atoms with Gasteiger partial charge in [-0.15, -0.1) is 0 Å². The summed E-state index contributed by atoms with van der Waals surface area (Å²) in [5, 5.41) is 0. The van der Waals surface area contributed by atoms with Gasteiger partial charge in [0.05, 0.1) is 14.2 Å². The van der Waals surface area contributed by atoms with Crippen molar-refractivity contribution >= 4 is 28.5 Å². The normalized spacial score (nSPS) is 9.94. The zero-order valence-electron chi connectivity index (χ0n) is 10.4. The van der Waals surface area contributed by atoms with Gasteiger partial charge in [0.1, 0.15) is 11.5 Å². The van der Waals surface area contributed by atoms with Gasteiger partial charge in [0, 0.05) is 0 Å². The van der Waals surface area contributed by atoms with Gasteiger partial charge in [0.25, 0.3) is 0 Å². The second-order valence-electron chi connectivity index (χ2n) is 3.91. The van der Waals surface area contributed by atoms with E-state index >= 15 is 0 Å². The molecule has 0 atom stereocenters. The standard InChI is InChI=1S/C14H14BClO2/c1-17-13-7-3-11(4-8-13)15(16)12-5-9-14(18-2)10-6-12/h3-10H,1-2H3. The van der Waals surface area contributed by atoms with Crippen molar-refractivity contribution in [2.24, 2.45) is 0 Å². The van der Waals surface area contributed by atoms with Gasteiger partial charge in [-0.3, -0.25) is 0 Å². The van der Waals surface area contributed by atoms with E-state index in [0.717, 1.165) is 22.4 Å². The minimum absolute atomic E-state index is 0.165. The van der Waals surface area contributed by atoms with Crippen LogP contribution in [0.25, 0.3) is 0 Å². The van der Waals surface area contributed by atoms with Crippen molar-refractivity contribution in [1.29, 1.82) is 0 Å². The van der Waals surface area contributed by atoms with Crippen molar-refractivity contribution in [2.45, 2.75) is 0 Å². The van der Waals surface area contributed by atoms with Crippen LogP contribution in [0.2, 0.25) is 0 Å². The molecule has 0 N–H and O–H groups in total. The molecule has 0 saturated heterocycles. The average Bonchev–Trinajstić information content (AvgIpc) is 2.47. The van der Waals surface area contributed by atoms with E-state index in [0.29, 0.717) is 0 Å². The van der Waals surface area contributed by atoms with E-state index in [9.17, 15) is 0 Å². The Balaban J connectivity index is 2.20. The molecule has 0 spiro atoms. The van der Waals surface area contributed by atoms with E-state index in [-0.39, 0.29) is 6.13 Å². The van der Waals surface area contributed by atoms with Crippen molar-refractivity contribution in [2.75, 3.05) is 14.2 Å². The molecule has 0 fully saturated rings. The quantitative estimate of drug-likeness (QED) is 0.784. The maximum absolute atomic E-state index is 6.44. The van der Waals surface area contributed by atoms with Crippen LogP contribution in [0.4, 0.5) is 0 Å². The van der Waals surface area contributed by atoms with Crippen LogP contribution in [0.15, 0.2) is 48.5 Å². The lowest BCUT2D eigenvalue weighted by Gasteiger charge is -2.08. The lowest BCUT2D eigenvalue weighted by molar-refractivity contribution is 0.415. The molecule has 0 heterocycles. The SMILES string of the molecule is COc1ccc(B(Cl)c2ccc(OC)cc2)cc1. The third-order valence-corrected chi connectivity index (χ3v) is 3.32. The molecule has 0 bridgehead atoms. The Morgan fingerprint density at radius 1 is 0.722 bits per heavy atom. The molecule has 0 saturated carbocycles. The summed E-state index contributed by atoms with van der Waals surface area (Å²) in [7, 11) is 3.30. The zero-order chi connectivity index (χ0) is 13.0. The fourth-order valence-corrected chi connectivity index (χ4v) is 2.03. The number of ether oxygens (including phenoxy) is 2. The maximum Gasteiger partial charge on any atom is 0.315 e. The number of rotatable bonds is 4. The molecular formula is C14H14BClO2. The fraction of sp³-hybridized carbons (Fsp3) is 0.143. The molecule has 0 aliphatic heterocycles. The highest BCUT2D eigenvalue weighted by Crippen LogP contribution is 2.09. The van der Waals surface area contributed by atoms with Crippen molar-refractivity contribution in [3.05, 3.63) is 48.5 Å². The molecule has 2 aromatic carbocycles. The van der Waals surface area contributed by atoms with Crippen LogP contribution in [0.5, 0.6) is 11.5 Å². The van der Waals surface area contributed by atoms with E-state index in [1.807, 2.05) is 48.5 Å². The highest BCUT2D eigenvalue weighted by Gasteiger charge is 2.16. The van der Waals surface area contributed by atoms with Gasteiger partial charge < -0.3 is 9.47 Å². The van der Waals surface area contributed by atoms with E-state index in [1.165, 1.54) is 0 Å². The van der Waals surface area contributed by atoms with E-state index in [4.69, 9.17) is 20.9 Å². The summed E-state index contributed by atoms with van der Waals surface area (Å²) in [4.78, 5) is 0. The van der Waals surface area contributed by atoms with Crippen molar-refractivity contribution in [3.63, 3.8) is 0 Å². The number of benzene rings is 2. The van der Waals surface area contributed by atoms with E-state index < -0.39 is 0 Å². The van der Waals surface area contributed by atoms with E-state index in [2.05, 4.69) is 0 Å². The molecule has 0 radical (unpaired) electrons. The smallest absolute Gasteiger partial charge is 0.315 e. The molecule has 2 rings (SSSR count). The second-order valence-corrected chi connectivity index (χ2v) is 4.35. The Bertz CT molecular complexity index is 449. The first kappa shape index (κ1) is 12.8. The Kier molecular flexibility index (Phi) is 4.16. The largest absolute Gasteiger partial charge is 0.497 e. The maximum atomic E-state index is 6.44. The number of hydrogen-bond acceptors (Lipinski definition) is 2. The minimum atomic E-state index is -0.165. The second kappa shape index (κ2) is 5.83. The Labute approximate surface area is 112 Å². The zero-order valence-corrected chi connectivity index (χ0v) is 11.1. The topological polar surface area (TPSA) is 18.5 Å². The molecule has 4 heteroatoms. The summed E-state index contributed by atoms with van der Waals surface area (Å²) in [5.74, 6) is 1.66. The summed E-state index contributed by atoms with van der Waals surface area (Å²) in [5.41, 5.74) is 2.09. The summed E-state index contributed by atoms with van der Waals surface area (Å²) in [6.45, 7) is 0. The molecule has 18 heavy (non-hydrogen) atoms. The van der Waals surface area contributed by atoms with Gasteiger partial charge in [-0.1, -0.05) is 35.2 Å². The molecule has 2 nitrogen and oxygen atoms in total. The van der Waals surface area contributed by atoms with Crippen LogP contribution < -0.4 is 20.4 Å². The molecule has 2 aromatic rings. The molecular weight excluding hydrogens is 246 g/mol. The highest BCUT2D eigenvalue weighted by atomic mass is 35.5. The van der Waals surface area contributed by atoms with Crippen LogP contribution in [0.3, 0.4) is 0 Å². The monoisotopic (exact) mass is 260 g/mol. The number of methoxy groups -OCH3 is 2. The molecule has 92 valence electrons. The molecule has 0 aliphatic rings. The third-order valence-electron chi connectivity index (χ3n) is 2.82. The summed E-state index contributed by atoms with van der Waals surface area (Å²) in [6, 6.07) is 15.5. The van der Waals surface area contributed by atoms with Gasteiger partial charge >= 0.3 is 6.13 Å². The first-order valence-corrected chi connectivity index (χ1v) is 6.10. The van der Waals surface area contributed by atoms with Crippen molar-refractivity contribution < 1.29 is 9.47 Å². The Morgan fingerprint density at radius 2 is 1.06 bits per heavy atom. The highest BCUT2D eigenvalue weighted by molar-refractivity contribution is 7.21. The van der Waals surface area contributed by atoms with Crippen LogP contribution in [-0.4, -0.2) is 20.3 Å². The van der Waals surface area contributed by atoms with Crippen molar-refractivity contribution in [3.8, 4) is 11.5 Å². The van der Waals surface area contributed by atoms with Crippen LogP contribution in [0, 0.1) is 0 Å². The van der Waals surface area contributed by atoms with Gasteiger partial charge in [-0.2, -0.15) is 11.5 Å². The Hall–Kier alpha value is -1.61. The van der Waals surface area contributed by atoms with E-state index in [1.54, 1.807) is 14.2 Å². The molecule has 0 aromatic heterocycles. The summed E-state index contributed by atoms with van der Waals surface area (Å²) >= 11 is 6.44. The molecule has 0 unspecified atom stereocenters. The van der Waals surface area contributed by atoms with Gasteiger partial charge in [0.15, 0.2) is 0 Å². The predicted molar refractivity (Wildman–Crippen MR) is 76.9 cm³/mol. The van der Waals surface area contributed by atoms with Gasteiger partial charge in [0.2, 0.25) is 0 Å². The van der Waals surface area contributed by atoms with Gasteiger partial charge in [-0.05, 0) is 24.3 Å². The van der Waals surface area contributed by atoms with Gasteiger partial charge in [-0.25, -0.2) is 0 Å². The van der Waals surface area contributed by atoms with Crippen LogP contribution in [-0.2, 0) is 0 Å². The molecule has 0 amide bonds. The predicted octanol–water partition coefficient (Wildman–Crippen LogP) is 2.05. The first-order chi connectivity index (χ1) is 8.74. The van der Waals surface area contributed by atoms with Crippen LogP contribution >= 0.6 is 11.5 Å². The fourth-order valence-electron chi connectivity index (χ4n) is 1.74. The summed E-state index contributed by atoms with van der Waals surface area (Å²) < 4.78 is 10.3. The Morgan fingerprint density at radius 3 is 1.33 bits per heavy atom. The average molecular weight is 261 g/mol. The lowest BCUT2D eigenvalue weighted by atomic mass is 9.62. The first-order valence-electron chi connectivity index (χ1n) is 5.66. The van der Waals surface area contributed by atoms with Crippen molar-refractivity contribution in [1.82, 2.24) is 0 Å². The number of hydrogen-bond donors (Lipinski definition) is 0. The molecule has 0 aliphatic carbocycles. The summed E-state index contributed by atoms with van der Waals surface area (Å²) in [6.07, 6.45) is -0.165. The minimum Gasteiger partial charge on any atom is -0.497 e.